The molecule has 5 heterocycles. The van der Waals surface area contributed by atoms with Gasteiger partial charge in [-0.05, 0) is 60.9 Å². The molecule has 8 bridgehead atoms. The smallest absolute Gasteiger partial charge is 0.340 e. The van der Waals surface area contributed by atoms with E-state index in [1.54, 1.807) is 11.4 Å². The lowest BCUT2D eigenvalue weighted by molar-refractivity contribution is -0.140. The van der Waals surface area contributed by atoms with Gasteiger partial charge in [0.05, 0.1) is 36.7 Å². The van der Waals surface area contributed by atoms with Crippen LogP contribution in [-0.2, 0) is 14.3 Å². The van der Waals surface area contributed by atoms with Crippen molar-refractivity contribution in [3.8, 4) is 0 Å². The lowest BCUT2D eigenvalue weighted by Crippen LogP contribution is -2.07. The second-order valence-corrected chi connectivity index (χ2v) is 10.5. The number of aromatic amines is 2. The number of aryl methyl sites for hydroxylation is 1. The number of H-pyrrole nitrogens is 2. The van der Waals surface area contributed by atoms with E-state index < -0.39 is 5.97 Å². The molecule has 0 amide bonds. The van der Waals surface area contributed by atoms with Crippen molar-refractivity contribution in [3.05, 3.63) is 69.8 Å². The van der Waals surface area contributed by atoms with Crippen molar-refractivity contribution < 1.29 is 19.1 Å². The normalized spacial score (nSPS) is 16.4. The summed E-state index contributed by atoms with van der Waals surface area (Å²) in [7, 11) is 2.74. The average Bonchev–Trinajstić information content (AvgIpc) is 3.67. The number of fused-ring (bicyclic) bond motifs is 8. The van der Waals surface area contributed by atoms with Gasteiger partial charge in [0.15, 0.2) is 0 Å². The Labute approximate surface area is 242 Å². The van der Waals surface area contributed by atoms with Crippen LogP contribution in [0.2, 0.25) is 0 Å². The number of aromatic nitrogens is 4. The van der Waals surface area contributed by atoms with Gasteiger partial charge >= 0.3 is 11.9 Å². The SMILES string of the molecule is COC(=O)CC[C@@H]1c2cc3[nH]c(cc4nc(cc5[nH]c(cc(n2)[C@H]1C)c(C)c5C=S)C=C4CS)cc3C(=O)OC. The van der Waals surface area contributed by atoms with Crippen molar-refractivity contribution >= 4 is 75.9 Å². The van der Waals surface area contributed by atoms with Crippen LogP contribution in [0, 0.1) is 6.92 Å². The Balaban J connectivity index is 1.86. The maximum Gasteiger partial charge on any atom is 0.340 e. The van der Waals surface area contributed by atoms with Gasteiger partial charge in [0, 0.05) is 62.9 Å². The van der Waals surface area contributed by atoms with Gasteiger partial charge in [-0.1, -0.05) is 19.1 Å². The predicted octanol–water partition coefficient (Wildman–Crippen LogP) is 6.07. The van der Waals surface area contributed by atoms with Crippen LogP contribution >= 0.6 is 24.8 Å². The zero-order valence-corrected chi connectivity index (χ0v) is 24.4. The van der Waals surface area contributed by atoms with Crippen molar-refractivity contribution in [2.45, 2.75) is 38.5 Å². The molecule has 3 aromatic rings. The zero-order chi connectivity index (χ0) is 28.6. The largest absolute Gasteiger partial charge is 0.469 e. The fourth-order valence-corrected chi connectivity index (χ4v) is 5.87. The van der Waals surface area contributed by atoms with E-state index in [-0.39, 0.29) is 24.2 Å². The molecule has 8 nitrogen and oxygen atoms in total. The highest BCUT2D eigenvalue weighted by Crippen LogP contribution is 2.40. The lowest BCUT2D eigenvalue weighted by Gasteiger charge is -2.15. The molecule has 0 spiro atoms. The Morgan fingerprint density at radius 2 is 1.80 bits per heavy atom. The Morgan fingerprint density at radius 3 is 2.50 bits per heavy atom. The highest BCUT2D eigenvalue weighted by atomic mass is 32.1. The summed E-state index contributed by atoms with van der Waals surface area (Å²) in [5, 5.41) is 1.68. The second-order valence-electron chi connectivity index (χ2n) is 9.95. The Kier molecular flexibility index (Phi) is 7.91. The first-order chi connectivity index (χ1) is 19.3. The number of thiocarbonyl (C=S) groups is 1. The molecule has 2 aliphatic rings. The standard InChI is InChI=1S/C30H30N4O4S2/c1-15-20(5-6-29(35)37-3)27-12-28-21(30(36)38-4)8-19(32-28)9-25-17(13-39)7-18(31-25)10-26-22(14-40)16(2)24(33-26)11-23(15)34-27/h7-12,14-15,20,32-33,39H,5-6,13H2,1-4H3/t15-,20-/m0/s1. The molecule has 0 aliphatic carbocycles. The van der Waals surface area contributed by atoms with E-state index in [1.165, 1.54) is 14.2 Å². The first-order valence-electron chi connectivity index (χ1n) is 12.9. The van der Waals surface area contributed by atoms with Gasteiger partial charge in [-0.2, -0.15) is 12.6 Å². The molecule has 0 unspecified atom stereocenters. The summed E-state index contributed by atoms with van der Waals surface area (Å²) in [6.07, 6.45) is 2.80. The Hall–Kier alpha value is -3.76. The monoisotopic (exact) mass is 574 g/mol. The Bertz CT molecular complexity index is 1720. The lowest BCUT2D eigenvalue weighted by atomic mass is 9.87. The minimum Gasteiger partial charge on any atom is -0.469 e. The summed E-state index contributed by atoms with van der Waals surface area (Å²) in [5.74, 6) is -0.301. The summed E-state index contributed by atoms with van der Waals surface area (Å²) in [5.41, 5.74) is 9.45. The first-order valence-corrected chi connectivity index (χ1v) is 14.0. The number of ether oxygens (including phenoxy) is 2. The number of nitrogens with zero attached hydrogens (tertiary/aromatic N) is 2. The molecular formula is C30H30N4O4S2. The minimum atomic E-state index is -0.464. The molecule has 2 atom stereocenters. The first kappa shape index (κ1) is 27.8. The number of esters is 2. The molecule has 0 fully saturated rings. The molecule has 0 saturated heterocycles. The number of rotatable bonds is 6. The summed E-state index contributed by atoms with van der Waals surface area (Å²) in [4.78, 5) is 41.5. The summed E-state index contributed by atoms with van der Waals surface area (Å²) in [6.45, 7) is 4.12. The molecule has 40 heavy (non-hydrogen) atoms. The van der Waals surface area contributed by atoms with E-state index in [9.17, 15) is 9.59 Å². The highest BCUT2D eigenvalue weighted by molar-refractivity contribution is 7.80. The van der Waals surface area contributed by atoms with Crippen LogP contribution in [0.4, 0.5) is 0 Å². The maximum absolute atomic E-state index is 12.8. The van der Waals surface area contributed by atoms with Gasteiger partial charge in [-0.15, -0.1) is 0 Å². The third kappa shape index (κ3) is 5.21. The minimum absolute atomic E-state index is 0.0112. The van der Waals surface area contributed by atoms with E-state index >= 15 is 0 Å². The second kappa shape index (κ2) is 11.4. The number of hydrogen-bond donors (Lipinski definition) is 3. The third-order valence-corrected chi connectivity index (χ3v) is 8.17. The fraction of sp³-hybridized carbons (Fsp3) is 0.300. The molecule has 10 heteroatoms. The summed E-state index contributed by atoms with van der Waals surface area (Å²) < 4.78 is 9.98. The maximum atomic E-state index is 12.8. The fourth-order valence-electron chi connectivity index (χ4n) is 5.31. The number of thiol groups is 1. The summed E-state index contributed by atoms with van der Waals surface area (Å²) >= 11 is 9.89. The van der Waals surface area contributed by atoms with E-state index in [2.05, 4.69) is 29.5 Å². The van der Waals surface area contributed by atoms with Crippen molar-refractivity contribution in [1.82, 2.24) is 19.9 Å². The van der Waals surface area contributed by atoms with Crippen LogP contribution in [0.3, 0.4) is 0 Å². The van der Waals surface area contributed by atoms with Gasteiger partial charge in [-0.3, -0.25) is 9.78 Å². The van der Waals surface area contributed by atoms with Gasteiger partial charge < -0.3 is 19.4 Å². The molecule has 0 saturated carbocycles. The molecular weight excluding hydrogens is 544 g/mol. The molecule has 3 aromatic heterocycles. The van der Waals surface area contributed by atoms with Crippen molar-refractivity contribution in [2.75, 3.05) is 20.0 Å². The zero-order valence-electron chi connectivity index (χ0n) is 22.7. The summed E-state index contributed by atoms with van der Waals surface area (Å²) in [6, 6.07) is 9.53. The van der Waals surface area contributed by atoms with Crippen LogP contribution in [0.5, 0.6) is 0 Å². The number of carbonyl (C=O) groups is 2. The molecule has 2 N–H and O–H groups in total. The quantitative estimate of drug-likeness (QED) is 0.186. The van der Waals surface area contributed by atoms with E-state index in [4.69, 9.17) is 31.7 Å². The van der Waals surface area contributed by atoms with Crippen LogP contribution in [-0.4, -0.2) is 57.2 Å². The Morgan fingerprint density at radius 1 is 1.02 bits per heavy atom. The number of carbonyl (C=O) groups excluding carboxylic acids is 2. The van der Waals surface area contributed by atoms with Gasteiger partial charge in [0.1, 0.15) is 0 Å². The molecule has 206 valence electrons. The number of nitrogens with one attached hydrogen (secondary N) is 2. The third-order valence-electron chi connectivity index (χ3n) is 7.59. The average molecular weight is 575 g/mol. The van der Waals surface area contributed by atoms with Crippen molar-refractivity contribution in [3.63, 3.8) is 0 Å². The highest BCUT2D eigenvalue weighted by Gasteiger charge is 2.30. The van der Waals surface area contributed by atoms with Gasteiger partial charge in [0.25, 0.3) is 0 Å². The van der Waals surface area contributed by atoms with Gasteiger partial charge in [-0.25, -0.2) is 9.78 Å². The topological polar surface area (TPSA) is 110 Å². The van der Waals surface area contributed by atoms with E-state index in [0.29, 0.717) is 28.8 Å². The van der Waals surface area contributed by atoms with Gasteiger partial charge in [0.2, 0.25) is 0 Å². The van der Waals surface area contributed by atoms with E-state index in [0.717, 1.165) is 50.5 Å². The van der Waals surface area contributed by atoms with E-state index in [1.807, 2.05) is 37.3 Å². The molecule has 5 rings (SSSR count). The molecule has 0 aromatic carbocycles. The molecule has 0 radical (unpaired) electrons. The van der Waals surface area contributed by atoms with Crippen LogP contribution in [0.25, 0.3) is 33.7 Å². The van der Waals surface area contributed by atoms with Crippen LogP contribution < -0.4 is 0 Å². The van der Waals surface area contributed by atoms with Crippen molar-refractivity contribution in [1.29, 1.82) is 0 Å². The van der Waals surface area contributed by atoms with Crippen LogP contribution in [0.15, 0.2) is 30.3 Å². The predicted molar refractivity (Wildman–Crippen MR) is 164 cm³/mol. The van der Waals surface area contributed by atoms with Crippen LogP contribution in [0.1, 0.15) is 75.9 Å². The molecule has 2 aliphatic heterocycles. The van der Waals surface area contributed by atoms with Crippen molar-refractivity contribution in [2.24, 2.45) is 0 Å². The number of methoxy groups -OCH3 is 2. The number of hydrogen-bond acceptors (Lipinski definition) is 8.